The predicted octanol–water partition coefficient (Wildman–Crippen LogP) is 3.27. The minimum atomic E-state index is -0.101. The quantitative estimate of drug-likeness (QED) is 0.487. The van der Waals surface area contributed by atoms with Crippen molar-refractivity contribution < 1.29 is 9.59 Å². The van der Waals surface area contributed by atoms with E-state index in [1.807, 2.05) is 71.8 Å². The van der Waals surface area contributed by atoms with E-state index in [0.29, 0.717) is 31.6 Å². The number of amides is 2. The zero-order valence-electron chi connectivity index (χ0n) is 18.9. The number of rotatable bonds is 6. The summed E-state index contributed by atoms with van der Waals surface area (Å²) in [4.78, 5) is 34.0. The fraction of sp³-hybridized carbons (Fsp3) is 0.222. The number of fused-ring (bicyclic) bond motifs is 1. The molecule has 0 unspecified atom stereocenters. The zero-order valence-corrected chi connectivity index (χ0v) is 18.9. The van der Waals surface area contributed by atoms with Gasteiger partial charge < -0.3 is 19.5 Å². The van der Waals surface area contributed by atoms with Crippen LogP contribution in [0.25, 0.3) is 5.52 Å². The molecule has 3 aromatic heterocycles. The number of anilines is 1. The Labute approximate surface area is 198 Å². The highest BCUT2D eigenvalue weighted by molar-refractivity contribution is 5.95. The van der Waals surface area contributed by atoms with Gasteiger partial charge in [0.15, 0.2) is 0 Å². The Morgan fingerprint density at radius 2 is 1.59 bits per heavy atom. The van der Waals surface area contributed by atoms with E-state index in [1.165, 1.54) is 0 Å². The molecule has 0 atom stereocenters. The van der Waals surface area contributed by atoms with E-state index in [4.69, 9.17) is 0 Å². The van der Waals surface area contributed by atoms with Crippen molar-refractivity contribution in [1.29, 1.82) is 0 Å². The van der Waals surface area contributed by atoms with Gasteiger partial charge in [0.1, 0.15) is 5.82 Å². The van der Waals surface area contributed by atoms with Gasteiger partial charge in [-0.1, -0.05) is 24.3 Å². The lowest BCUT2D eigenvalue weighted by Crippen LogP contribution is -2.49. The number of piperazine rings is 1. The van der Waals surface area contributed by atoms with E-state index in [0.717, 1.165) is 35.7 Å². The van der Waals surface area contributed by atoms with Gasteiger partial charge in [0, 0.05) is 68.3 Å². The number of benzene rings is 1. The van der Waals surface area contributed by atoms with Crippen molar-refractivity contribution in [3.05, 3.63) is 102 Å². The summed E-state index contributed by atoms with van der Waals surface area (Å²) in [6, 6.07) is 23.2. The molecule has 0 saturated carbocycles. The summed E-state index contributed by atoms with van der Waals surface area (Å²) in [5.41, 5.74) is 3.32. The SMILES string of the molecule is O=C(NCCc1ccccn1)c1ccc2ccc(N3CCN(C(=O)c4ccccc4)CC3)n2c1. The maximum atomic E-state index is 12.8. The molecule has 34 heavy (non-hydrogen) atoms. The molecule has 7 nitrogen and oxygen atoms in total. The molecule has 5 rings (SSSR count). The van der Waals surface area contributed by atoms with Crippen molar-refractivity contribution in [3.8, 4) is 0 Å². The first kappa shape index (κ1) is 21.7. The topological polar surface area (TPSA) is 70.0 Å². The minimum Gasteiger partial charge on any atom is -0.354 e. The standard InChI is InChI=1S/C27H27N5O2/c33-26(29-15-13-23-8-4-5-14-28-23)22-9-10-24-11-12-25(32(24)20-22)30-16-18-31(19-17-30)27(34)21-6-2-1-3-7-21/h1-12,14,20H,13,15-19H2,(H,29,33). The maximum absolute atomic E-state index is 12.8. The van der Waals surface area contributed by atoms with Gasteiger partial charge in [-0.15, -0.1) is 0 Å². The number of hydrogen-bond donors (Lipinski definition) is 1. The van der Waals surface area contributed by atoms with Crippen LogP contribution < -0.4 is 10.2 Å². The van der Waals surface area contributed by atoms with Gasteiger partial charge in [-0.25, -0.2) is 0 Å². The van der Waals surface area contributed by atoms with Crippen molar-refractivity contribution in [2.45, 2.75) is 6.42 Å². The molecule has 1 aliphatic rings. The Balaban J connectivity index is 1.23. The van der Waals surface area contributed by atoms with Crippen molar-refractivity contribution in [3.63, 3.8) is 0 Å². The third-order valence-corrected chi connectivity index (χ3v) is 6.20. The fourth-order valence-electron chi connectivity index (χ4n) is 4.33. The van der Waals surface area contributed by atoms with Crippen LogP contribution in [0.1, 0.15) is 26.4 Å². The first-order valence-electron chi connectivity index (χ1n) is 11.6. The van der Waals surface area contributed by atoms with Crippen molar-refractivity contribution in [1.82, 2.24) is 19.6 Å². The van der Waals surface area contributed by atoms with Gasteiger partial charge in [0.05, 0.1) is 5.56 Å². The fourth-order valence-corrected chi connectivity index (χ4v) is 4.33. The highest BCUT2D eigenvalue weighted by Crippen LogP contribution is 2.22. The number of aromatic nitrogens is 2. The van der Waals surface area contributed by atoms with Crippen molar-refractivity contribution in [2.75, 3.05) is 37.6 Å². The Morgan fingerprint density at radius 3 is 2.35 bits per heavy atom. The van der Waals surface area contributed by atoms with Crippen LogP contribution in [0.4, 0.5) is 5.82 Å². The molecule has 0 aliphatic carbocycles. The Morgan fingerprint density at radius 1 is 0.824 bits per heavy atom. The second-order valence-corrected chi connectivity index (χ2v) is 8.38. The number of carbonyl (C=O) groups excluding carboxylic acids is 2. The summed E-state index contributed by atoms with van der Waals surface area (Å²) in [5.74, 6) is 1.01. The van der Waals surface area contributed by atoms with E-state index in [1.54, 1.807) is 6.20 Å². The molecular formula is C27H27N5O2. The lowest BCUT2D eigenvalue weighted by Gasteiger charge is -2.36. The third-order valence-electron chi connectivity index (χ3n) is 6.20. The van der Waals surface area contributed by atoms with E-state index < -0.39 is 0 Å². The van der Waals surface area contributed by atoms with Crippen molar-refractivity contribution >= 4 is 23.1 Å². The number of nitrogens with one attached hydrogen (secondary N) is 1. The molecule has 0 spiro atoms. The van der Waals surface area contributed by atoms with E-state index in [-0.39, 0.29) is 11.8 Å². The maximum Gasteiger partial charge on any atom is 0.253 e. The minimum absolute atomic E-state index is 0.0740. The molecule has 4 aromatic rings. The van der Waals surface area contributed by atoms with Crippen LogP contribution >= 0.6 is 0 Å². The largest absolute Gasteiger partial charge is 0.354 e. The highest BCUT2D eigenvalue weighted by Gasteiger charge is 2.23. The summed E-state index contributed by atoms with van der Waals surface area (Å²) < 4.78 is 2.06. The molecule has 172 valence electrons. The smallest absolute Gasteiger partial charge is 0.253 e. The average molecular weight is 454 g/mol. The molecule has 1 fully saturated rings. The Bertz CT molecular complexity index is 1280. The molecular weight excluding hydrogens is 426 g/mol. The normalized spacial score (nSPS) is 13.8. The van der Waals surface area contributed by atoms with Gasteiger partial charge in [-0.2, -0.15) is 0 Å². The Hall–Kier alpha value is -4.13. The summed E-state index contributed by atoms with van der Waals surface area (Å²) in [6.07, 6.45) is 4.34. The predicted molar refractivity (Wildman–Crippen MR) is 132 cm³/mol. The number of pyridine rings is 2. The van der Waals surface area contributed by atoms with Crippen LogP contribution in [-0.2, 0) is 6.42 Å². The van der Waals surface area contributed by atoms with E-state index in [9.17, 15) is 9.59 Å². The monoisotopic (exact) mass is 453 g/mol. The van der Waals surface area contributed by atoms with Gasteiger partial charge in [0.2, 0.25) is 0 Å². The van der Waals surface area contributed by atoms with E-state index >= 15 is 0 Å². The van der Waals surface area contributed by atoms with Crippen LogP contribution in [-0.4, -0.2) is 58.8 Å². The summed E-state index contributed by atoms with van der Waals surface area (Å²) in [7, 11) is 0. The second kappa shape index (κ2) is 9.79. The summed E-state index contributed by atoms with van der Waals surface area (Å²) >= 11 is 0. The third kappa shape index (κ3) is 4.64. The summed E-state index contributed by atoms with van der Waals surface area (Å²) in [5, 5.41) is 2.99. The molecule has 2 amide bonds. The zero-order chi connectivity index (χ0) is 23.3. The van der Waals surface area contributed by atoms with Gasteiger partial charge in [-0.3, -0.25) is 14.6 Å². The van der Waals surface area contributed by atoms with Gasteiger partial charge in [-0.05, 0) is 48.5 Å². The first-order valence-corrected chi connectivity index (χ1v) is 11.6. The second-order valence-electron chi connectivity index (χ2n) is 8.38. The van der Waals surface area contributed by atoms with Crippen LogP contribution in [0.2, 0.25) is 0 Å². The molecule has 1 aromatic carbocycles. The van der Waals surface area contributed by atoms with Crippen LogP contribution in [0.3, 0.4) is 0 Å². The average Bonchev–Trinajstić information content (AvgIpc) is 3.33. The molecule has 7 heteroatoms. The molecule has 0 bridgehead atoms. The number of hydrogen-bond acceptors (Lipinski definition) is 4. The van der Waals surface area contributed by atoms with Gasteiger partial charge in [0.25, 0.3) is 11.8 Å². The molecule has 0 radical (unpaired) electrons. The lowest BCUT2D eigenvalue weighted by atomic mass is 10.2. The van der Waals surface area contributed by atoms with Gasteiger partial charge >= 0.3 is 0 Å². The molecule has 1 saturated heterocycles. The van der Waals surface area contributed by atoms with E-state index in [2.05, 4.69) is 31.7 Å². The van der Waals surface area contributed by atoms with Crippen LogP contribution in [0.15, 0.2) is 85.2 Å². The van der Waals surface area contributed by atoms with Crippen LogP contribution in [0, 0.1) is 0 Å². The van der Waals surface area contributed by atoms with Crippen molar-refractivity contribution in [2.24, 2.45) is 0 Å². The molecule has 1 aliphatic heterocycles. The number of carbonyl (C=O) groups is 2. The molecule has 4 heterocycles. The summed E-state index contributed by atoms with van der Waals surface area (Å²) in [6.45, 7) is 3.34. The number of nitrogens with zero attached hydrogens (tertiary/aromatic N) is 4. The van der Waals surface area contributed by atoms with Crippen LogP contribution in [0.5, 0.6) is 0 Å². The first-order chi connectivity index (χ1) is 16.7. The lowest BCUT2D eigenvalue weighted by molar-refractivity contribution is 0.0746. The molecule has 1 N–H and O–H groups in total. The Kier molecular flexibility index (Phi) is 6.25. The highest BCUT2D eigenvalue weighted by atomic mass is 16.2.